The molecule has 0 aliphatic carbocycles. The Hall–Kier alpha value is -1.57. The van der Waals surface area contributed by atoms with Crippen LogP contribution in [-0.4, -0.2) is 31.9 Å². The van der Waals surface area contributed by atoms with Crippen LogP contribution in [0.4, 0.5) is 0 Å². The zero-order valence-corrected chi connectivity index (χ0v) is 15.8. The van der Waals surface area contributed by atoms with Crippen molar-refractivity contribution in [2.45, 2.75) is 38.6 Å². The van der Waals surface area contributed by atoms with Crippen molar-refractivity contribution in [3.63, 3.8) is 0 Å². The van der Waals surface area contributed by atoms with Crippen LogP contribution in [0.3, 0.4) is 0 Å². The Labute approximate surface area is 147 Å². The van der Waals surface area contributed by atoms with Gasteiger partial charge in [0, 0.05) is 23.8 Å². The molecule has 132 valence electrons. The third kappa shape index (κ3) is 3.91. The molecule has 1 heterocycles. The Morgan fingerprint density at radius 3 is 2.62 bits per heavy atom. The number of hydrogen-bond acceptors (Lipinski definition) is 4. The van der Waals surface area contributed by atoms with Gasteiger partial charge in [-0.25, -0.2) is 13.1 Å². The smallest absolute Gasteiger partial charge is 0.244 e. The molecule has 24 heavy (non-hydrogen) atoms. The molecule has 0 aliphatic rings. The highest BCUT2D eigenvalue weighted by Crippen LogP contribution is 2.26. The van der Waals surface area contributed by atoms with Crippen molar-refractivity contribution >= 4 is 21.6 Å². The summed E-state index contributed by atoms with van der Waals surface area (Å²) >= 11 is 5.91. The minimum atomic E-state index is -3.71. The minimum absolute atomic E-state index is 0.0372. The molecule has 1 aromatic carbocycles. The third-order valence-electron chi connectivity index (χ3n) is 3.91. The summed E-state index contributed by atoms with van der Waals surface area (Å²) in [6.07, 6.45) is 0.569. The highest BCUT2D eigenvalue weighted by Gasteiger charge is 2.20. The molecule has 0 saturated heterocycles. The van der Waals surface area contributed by atoms with Crippen molar-refractivity contribution in [1.82, 2.24) is 14.5 Å². The predicted molar refractivity (Wildman–Crippen MR) is 94.3 cm³/mol. The van der Waals surface area contributed by atoms with Gasteiger partial charge in [0.2, 0.25) is 10.0 Å². The van der Waals surface area contributed by atoms with Gasteiger partial charge in [-0.15, -0.1) is 0 Å². The van der Waals surface area contributed by atoms with Crippen molar-refractivity contribution in [1.29, 1.82) is 0 Å². The SMILES string of the molecule is CCn1nc(C)c(CCNS(=O)(=O)c2cc(Cl)ccc2OC)c1C. The minimum Gasteiger partial charge on any atom is -0.495 e. The van der Waals surface area contributed by atoms with E-state index in [1.165, 1.54) is 19.2 Å². The van der Waals surface area contributed by atoms with Crippen LogP contribution in [0.5, 0.6) is 5.75 Å². The molecule has 0 fully saturated rings. The van der Waals surface area contributed by atoms with Gasteiger partial charge < -0.3 is 4.74 Å². The predicted octanol–water partition coefficient (Wildman–Crippen LogP) is 2.70. The highest BCUT2D eigenvalue weighted by molar-refractivity contribution is 7.89. The van der Waals surface area contributed by atoms with Crippen LogP contribution in [-0.2, 0) is 23.0 Å². The van der Waals surface area contributed by atoms with Crippen LogP contribution >= 0.6 is 11.6 Å². The molecule has 0 amide bonds. The van der Waals surface area contributed by atoms with Crippen molar-refractivity contribution in [2.75, 3.05) is 13.7 Å². The maximum atomic E-state index is 12.5. The van der Waals surface area contributed by atoms with Crippen LogP contribution in [0.2, 0.25) is 5.02 Å². The van der Waals surface area contributed by atoms with Gasteiger partial charge in [0.15, 0.2) is 0 Å². The van der Waals surface area contributed by atoms with Crippen molar-refractivity contribution in [3.8, 4) is 5.75 Å². The summed E-state index contributed by atoms with van der Waals surface area (Å²) in [5.74, 6) is 0.262. The molecule has 0 spiro atoms. The molecule has 0 radical (unpaired) electrons. The second kappa shape index (κ2) is 7.55. The van der Waals surface area contributed by atoms with Crippen LogP contribution in [0.15, 0.2) is 23.1 Å². The van der Waals surface area contributed by atoms with E-state index in [9.17, 15) is 8.42 Å². The molecule has 0 saturated carbocycles. The second-order valence-corrected chi connectivity index (χ2v) is 7.58. The average molecular weight is 372 g/mol. The molecule has 0 bridgehead atoms. The van der Waals surface area contributed by atoms with E-state index < -0.39 is 10.0 Å². The van der Waals surface area contributed by atoms with Gasteiger partial charge in [-0.1, -0.05) is 11.6 Å². The third-order valence-corrected chi connectivity index (χ3v) is 5.63. The lowest BCUT2D eigenvalue weighted by atomic mass is 10.1. The zero-order chi connectivity index (χ0) is 17.9. The van der Waals surface area contributed by atoms with Crippen LogP contribution in [0.25, 0.3) is 0 Å². The van der Waals surface area contributed by atoms with E-state index in [2.05, 4.69) is 9.82 Å². The number of methoxy groups -OCH3 is 1. The Kier molecular flexibility index (Phi) is 5.90. The normalized spacial score (nSPS) is 11.7. The average Bonchev–Trinajstić information content (AvgIpc) is 2.82. The van der Waals surface area contributed by atoms with Crippen molar-refractivity contribution < 1.29 is 13.2 Å². The molecule has 1 aromatic heterocycles. The first-order valence-corrected chi connectivity index (χ1v) is 9.52. The number of rotatable bonds is 7. The Morgan fingerprint density at radius 2 is 2.04 bits per heavy atom. The molecule has 6 nitrogen and oxygen atoms in total. The Morgan fingerprint density at radius 1 is 1.33 bits per heavy atom. The number of hydrogen-bond donors (Lipinski definition) is 1. The first-order valence-electron chi connectivity index (χ1n) is 7.66. The lowest BCUT2D eigenvalue weighted by Crippen LogP contribution is -2.26. The van der Waals surface area contributed by atoms with E-state index in [1.807, 2.05) is 25.5 Å². The van der Waals surface area contributed by atoms with Crippen LogP contribution in [0.1, 0.15) is 23.9 Å². The Balaban J connectivity index is 2.14. The number of nitrogens with one attached hydrogen (secondary N) is 1. The molecular weight excluding hydrogens is 350 g/mol. The number of sulfonamides is 1. The maximum absolute atomic E-state index is 12.5. The van der Waals surface area contributed by atoms with Gasteiger partial charge in [0.1, 0.15) is 10.6 Å². The number of aromatic nitrogens is 2. The molecule has 1 N–H and O–H groups in total. The number of ether oxygens (including phenoxy) is 1. The van der Waals surface area contributed by atoms with E-state index in [1.54, 1.807) is 6.07 Å². The van der Waals surface area contributed by atoms with E-state index in [-0.39, 0.29) is 17.2 Å². The van der Waals surface area contributed by atoms with Gasteiger partial charge >= 0.3 is 0 Å². The largest absolute Gasteiger partial charge is 0.495 e. The topological polar surface area (TPSA) is 73.2 Å². The van der Waals surface area contributed by atoms with Gasteiger partial charge in [0.05, 0.1) is 12.8 Å². The van der Waals surface area contributed by atoms with Crippen molar-refractivity contribution in [2.24, 2.45) is 0 Å². The van der Waals surface area contributed by atoms with E-state index in [0.29, 0.717) is 11.4 Å². The Bertz CT molecular complexity index is 831. The fourth-order valence-corrected chi connectivity index (χ4v) is 4.11. The molecular formula is C16H22ClN3O3S. The van der Waals surface area contributed by atoms with Crippen LogP contribution < -0.4 is 9.46 Å². The van der Waals surface area contributed by atoms with Gasteiger partial charge in [-0.05, 0) is 51.0 Å². The summed E-state index contributed by atoms with van der Waals surface area (Å²) in [6, 6.07) is 4.51. The first kappa shape index (κ1) is 18.8. The first-order chi connectivity index (χ1) is 11.3. The van der Waals surface area contributed by atoms with E-state index >= 15 is 0 Å². The highest BCUT2D eigenvalue weighted by atomic mass is 35.5. The summed E-state index contributed by atoms with van der Waals surface area (Å²) in [6.45, 7) is 7.01. The molecule has 2 aromatic rings. The van der Waals surface area contributed by atoms with Gasteiger partial charge in [-0.2, -0.15) is 5.10 Å². The van der Waals surface area contributed by atoms with E-state index in [4.69, 9.17) is 16.3 Å². The van der Waals surface area contributed by atoms with E-state index in [0.717, 1.165) is 23.5 Å². The number of nitrogens with zero attached hydrogens (tertiary/aromatic N) is 2. The molecule has 0 unspecified atom stereocenters. The zero-order valence-electron chi connectivity index (χ0n) is 14.3. The summed E-state index contributed by atoms with van der Waals surface area (Å²) < 4.78 is 34.7. The summed E-state index contributed by atoms with van der Waals surface area (Å²) in [5, 5.41) is 4.78. The van der Waals surface area contributed by atoms with Crippen LogP contribution in [0, 0.1) is 13.8 Å². The molecule has 0 aliphatic heterocycles. The summed E-state index contributed by atoms with van der Waals surface area (Å²) in [4.78, 5) is 0.0372. The van der Waals surface area contributed by atoms with Gasteiger partial charge in [0.25, 0.3) is 0 Å². The fraction of sp³-hybridized carbons (Fsp3) is 0.438. The monoisotopic (exact) mass is 371 g/mol. The molecule has 2 rings (SSSR count). The molecule has 8 heteroatoms. The number of aryl methyl sites for hydroxylation is 2. The lowest BCUT2D eigenvalue weighted by Gasteiger charge is -2.11. The number of benzene rings is 1. The quantitative estimate of drug-likeness (QED) is 0.812. The molecule has 0 atom stereocenters. The second-order valence-electron chi connectivity index (χ2n) is 5.41. The standard InChI is InChI=1S/C16H22ClN3O3S/c1-5-20-12(3)14(11(2)19-20)8-9-18-24(21,22)16-10-13(17)6-7-15(16)23-4/h6-7,10,18H,5,8-9H2,1-4H3. The summed E-state index contributed by atoms with van der Waals surface area (Å²) in [7, 11) is -2.28. The lowest BCUT2D eigenvalue weighted by molar-refractivity contribution is 0.402. The fourth-order valence-electron chi connectivity index (χ4n) is 2.65. The maximum Gasteiger partial charge on any atom is 0.244 e. The number of halogens is 1. The summed E-state index contributed by atoms with van der Waals surface area (Å²) in [5.41, 5.74) is 3.06. The van der Waals surface area contributed by atoms with Crippen molar-refractivity contribution in [3.05, 3.63) is 40.2 Å². The van der Waals surface area contributed by atoms with Gasteiger partial charge in [-0.3, -0.25) is 4.68 Å².